The van der Waals surface area contributed by atoms with Gasteiger partial charge in [0.1, 0.15) is 5.60 Å². The van der Waals surface area contributed by atoms with Crippen molar-refractivity contribution < 1.29 is 9.53 Å². The van der Waals surface area contributed by atoms with E-state index in [2.05, 4.69) is 34.4 Å². The van der Waals surface area contributed by atoms with Crippen LogP contribution in [-0.2, 0) is 17.8 Å². The molecule has 0 radical (unpaired) electrons. The molecule has 2 aromatic rings. The molecule has 0 saturated carbocycles. The van der Waals surface area contributed by atoms with E-state index in [9.17, 15) is 4.79 Å². The van der Waals surface area contributed by atoms with Gasteiger partial charge in [-0.2, -0.15) is 0 Å². The van der Waals surface area contributed by atoms with Gasteiger partial charge in [0.2, 0.25) is 0 Å². The van der Waals surface area contributed by atoms with Gasteiger partial charge in [0.25, 0.3) is 0 Å². The highest BCUT2D eigenvalue weighted by Crippen LogP contribution is 2.31. The first kappa shape index (κ1) is 17.5. The van der Waals surface area contributed by atoms with Gasteiger partial charge in [-0.05, 0) is 38.8 Å². The molecule has 0 unspecified atom stereocenters. The number of pyridine rings is 1. The molecule has 25 heavy (non-hydrogen) atoms. The van der Waals surface area contributed by atoms with Crippen LogP contribution in [0, 0.1) is 0 Å². The van der Waals surface area contributed by atoms with Gasteiger partial charge in [-0.15, -0.1) is 0 Å². The van der Waals surface area contributed by atoms with Gasteiger partial charge < -0.3 is 14.2 Å². The quantitative estimate of drug-likeness (QED) is 0.832. The van der Waals surface area contributed by atoms with Gasteiger partial charge in [-0.1, -0.05) is 13.8 Å². The van der Waals surface area contributed by atoms with E-state index < -0.39 is 5.60 Å². The summed E-state index contributed by atoms with van der Waals surface area (Å²) in [7, 11) is 0. The van der Waals surface area contributed by atoms with Crippen molar-refractivity contribution >= 4 is 6.09 Å². The van der Waals surface area contributed by atoms with E-state index in [4.69, 9.17) is 4.74 Å². The first-order chi connectivity index (χ1) is 11.8. The Morgan fingerprint density at radius 1 is 1.24 bits per heavy atom. The molecule has 0 N–H and O–H groups in total. The molecule has 1 aliphatic heterocycles. The molecule has 6 heteroatoms. The zero-order chi connectivity index (χ0) is 18.2. The Bertz CT molecular complexity index is 774. The molecular formula is C19H26N4O2. The van der Waals surface area contributed by atoms with Gasteiger partial charge in [0.15, 0.2) is 0 Å². The van der Waals surface area contributed by atoms with Gasteiger partial charge >= 0.3 is 6.09 Å². The van der Waals surface area contributed by atoms with Crippen LogP contribution in [0.4, 0.5) is 4.79 Å². The van der Waals surface area contributed by atoms with E-state index >= 15 is 0 Å². The topological polar surface area (TPSA) is 60.2 Å². The molecule has 0 saturated heterocycles. The third-order valence-electron chi connectivity index (χ3n) is 4.19. The fourth-order valence-corrected chi connectivity index (χ4v) is 3.04. The minimum absolute atomic E-state index is 0.277. The lowest BCUT2D eigenvalue weighted by atomic mass is 10.00. The van der Waals surface area contributed by atoms with E-state index in [-0.39, 0.29) is 6.09 Å². The van der Waals surface area contributed by atoms with Crippen LogP contribution in [0.3, 0.4) is 0 Å². The number of hydrogen-bond donors (Lipinski definition) is 0. The molecule has 6 nitrogen and oxygen atoms in total. The highest BCUT2D eigenvalue weighted by molar-refractivity contribution is 5.70. The number of carbonyl (C=O) groups excluding carboxylic acids is 1. The largest absolute Gasteiger partial charge is 0.444 e. The fraction of sp³-hybridized carbons (Fsp3) is 0.526. The molecule has 2 aromatic heterocycles. The zero-order valence-electron chi connectivity index (χ0n) is 15.6. The number of ether oxygens (including phenoxy) is 1. The van der Waals surface area contributed by atoms with E-state index in [1.54, 1.807) is 4.90 Å². The third kappa shape index (κ3) is 3.67. The molecule has 0 aliphatic carbocycles. The standard InChI is InChI=1S/C19H26N4O2/c1-13(2)16-14(7-6-8-20-16)17-15-11-22(9-10-23(15)12-21-17)18(24)25-19(3,4)5/h6-8,12-13H,9-11H2,1-5H3. The van der Waals surface area contributed by atoms with Crippen LogP contribution in [0.2, 0.25) is 0 Å². The minimum atomic E-state index is -0.494. The summed E-state index contributed by atoms with van der Waals surface area (Å²) in [5.41, 5.74) is 3.51. The Labute approximate surface area is 148 Å². The molecule has 134 valence electrons. The Hall–Kier alpha value is -2.37. The Kier molecular flexibility index (Phi) is 4.54. The summed E-state index contributed by atoms with van der Waals surface area (Å²) in [4.78, 5) is 23.3. The molecule has 3 rings (SSSR count). The van der Waals surface area contributed by atoms with Gasteiger partial charge in [-0.25, -0.2) is 9.78 Å². The van der Waals surface area contributed by atoms with E-state index in [0.717, 1.165) is 29.2 Å². The van der Waals surface area contributed by atoms with E-state index in [1.165, 1.54) is 0 Å². The van der Waals surface area contributed by atoms with Crippen LogP contribution in [0.1, 0.15) is 51.9 Å². The van der Waals surface area contributed by atoms with Crippen molar-refractivity contribution in [3.05, 3.63) is 36.0 Å². The molecule has 0 bridgehead atoms. The van der Waals surface area contributed by atoms with Gasteiger partial charge in [0, 0.05) is 24.8 Å². The van der Waals surface area contributed by atoms with Crippen molar-refractivity contribution in [1.82, 2.24) is 19.4 Å². The maximum atomic E-state index is 12.4. The normalized spacial score (nSPS) is 14.6. The maximum absolute atomic E-state index is 12.4. The van der Waals surface area contributed by atoms with Crippen molar-refractivity contribution in [1.29, 1.82) is 0 Å². The van der Waals surface area contributed by atoms with Crippen LogP contribution >= 0.6 is 0 Å². The summed E-state index contributed by atoms with van der Waals surface area (Å²) in [5.74, 6) is 0.305. The molecule has 0 fully saturated rings. The van der Waals surface area contributed by atoms with Crippen molar-refractivity contribution in [2.75, 3.05) is 6.54 Å². The molecular weight excluding hydrogens is 316 g/mol. The first-order valence-electron chi connectivity index (χ1n) is 8.73. The van der Waals surface area contributed by atoms with Crippen LogP contribution in [-0.4, -0.2) is 37.7 Å². The summed E-state index contributed by atoms with van der Waals surface area (Å²) in [6.07, 6.45) is 3.39. The number of aromatic nitrogens is 3. The SMILES string of the molecule is CC(C)c1ncccc1-c1ncn2c1CN(C(=O)OC(C)(C)C)CC2. The summed E-state index contributed by atoms with van der Waals surface area (Å²) in [6.45, 7) is 11.7. The number of imidazole rings is 1. The summed E-state index contributed by atoms with van der Waals surface area (Å²) >= 11 is 0. The predicted molar refractivity (Wildman–Crippen MR) is 96.2 cm³/mol. The molecule has 3 heterocycles. The zero-order valence-corrected chi connectivity index (χ0v) is 15.6. The van der Waals surface area contributed by atoms with E-state index in [1.807, 2.05) is 39.4 Å². The molecule has 0 aromatic carbocycles. The molecule has 1 amide bonds. The van der Waals surface area contributed by atoms with Crippen molar-refractivity contribution in [2.24, 2.45) is 0 Å². The smallest absolute Gasteiger partial charge is 0.410 e. The van der Waals surface area contributed by atoms with Crippen LogP contribution < -0.4 is 0 Å². The average Bonchev–Trinajstić information content (AvgIpc) is 2.96. The predicted octanol–water partition coefficient (Wildman–Crippen LogP) is 3.82. The number of hydrogen-bond acceptors (Lipinski definition) is 4. The second-order valence-electron chi connectivity index (χ2n) is 7.73. The van der Waals surface area contributed by atoms with Gasteiger partial charge in [0.05, 0.1) is 30.0 Å². The fourth-order valence-electron chi connectivity index (χ4n) is 3.04. The third-order valence-corrected chi connectivity index (χ3v) is 4.19. The Morgan fingerprint density at radius 2 is 2.00 bits per heavy atom. The van der Waals surface area contributed by atoms with Crippen molar-refractivity contribution in [3.63, 3.8) is 0 Å². The molecule has 0 atom stereocenters. The lowest BCUT2D eigenvalue weighted by Crippen LogP contribution is -2.41. The highest BCUT2D eigenvalue weighted by atomic mass is 16.6. The molecule has 0 spiro atoms. The first-order valence-corrected chi connectivity index (χ1v) is 8.73. The Morgan fingerprint density at radius 3 is 2.68 bits per heavy atom. The summed E-state index contributed by atoms with van der Waals surface area (Å²) < 4.78 is 7.64. The van der Waals surface area contributed by atoms with E-state index in [0.29, 0.717) is 19.0 Å². The van der Waals surface area contributed by atoms with Crippen molar-refractivity contribution in [3.8, 4) is 11.3 Å². The Balaban J connectivity index is 1.91. The van der Waals surface area contributed by atoms with Crippen LogP contribution in [0.25, 0.3) is 11.3 Å². The number of rotatable bonds is 2. The monoisotopic (exact) mass is 342 g/mol. The lowest BCUT2D eigenvalue weighted by molar-refractivity contribution is 0.0199. The lowest BCUT2D eigenvalue weighted by Gasteiger charge is -2.31. The highest BCUT2D eigenvalue weighted by Gasteiger charge is 2.28. The van der Waals surface area contributed by atoms with Crippen molar-refractivity contribution in [2.45, 2.75) is 59.2 Å². The number of fused-ring (bicyclic) bond motifs is 1. The second kappa shape index (κ2) is 6.50. The maximum Gasteiger partial charge on any atom is 0.410 e. The minimum Gasteiger partial charge on any atom is -0.444 e. The number of carbonyl (C=O) groups is 1. The summed E-state index contributed by atoms with van der Waals surface area (Å²) in [5, 5.41) is 0. The number of nitrogens with zero attached hydrogens (tertiary/aromatic N) is 4. The average molecular weight is 342 g/mol. The number of amides is 1. The van der Waals surface area contributed by atoms with Gasteiger partial charge in [-0.3, -0.25) is 4.98 Å². The molecule has 1 aliphatic rings. The van der Waals surface area contributed by atoms with Crippen LogP contribution in [0.5, 0.6) is 0 Å². The second-order valence-corrected chi connectivity index (χ2v) is 7.73. The van der Waals surface area contributed by atoms with Crippen LogP contribution in [0.15, 0.2) is 24.7 Å². The summed E-state index contributed by atoms with van der Waals surface area (Å²) in [6, 6.07) is 3.99.